The van der Waals surface area contributed by atoms with E-state index in [4.69, 9.17) is 0 Å². The van der Waals surface area contributed by atoms with Crippen LogP contribution in [0.4, 0.5) is 5.69 Å². The Hall–Kier alpha value is -0.880. The van der Waals surface area contributed by atoms with Gasteiger partial charge in [0.15, 0.2) is 0 Å². The molecule has 0 aliphatic carbocycles. The molecule has 3 nitrogen and oxygen atoms in total. The molecule has 2 aromatic rings. The monoisotopic (exact) mass is 411 g/mol. The first kappa shape index (κ1) is 17.5. The highest BCUT2D eigenvalue weighted by atomic mass is 127. The van der Waals surface area contributed by atoms with Gasteiger partial charge in [-0.3, -0.25) is 4.98 Å². The molecule has 1 aromatic heterocycles. The number of halogens is 1. The van der Waals surface area contributed by atoms with Gasteiger partial charge >= 0.3 is 0 Å². The second kappa shape index (κ2) is 8.67. The van der Waals surface area contributed by atoms with Crippen LogP contribution in [0.3, 0.4) is 0 Å². The third kappa shape index (κ3) is 4.81. The Morgan fingerprint density at radius 1 is 1.23 bits per heavy atom. The highest BCUT2D eigenvalue weighted by Gasteiger charge is 2.07. The Morgan fingerprint density at radius 3 is 2.73 bits per heavy atom. The van der Waals surface area contributed by atoms with Gasteiger partial charge in [-0.2, -0.15) is 0 Å². The number of hydrogen-bond donors (Lipinski definition) is 1. The second-order valence-corrected chi connectivity index (χ2v) is 6.98. The van der Waals surface area contributed by atoms with Gasteiger partial charge in [0, 0.05) is 26.9 Å². The summed E-state index contributed by atoms with van der Waals surface area (Å²) in [6.45, 7) is 10.2. The lowest BCUT2D eigenvalue weighted by molar-refractivity contribution is 0.295. The van der Waals surface area contributed by atoms with Crippen LogP contribution in [0.1, 0.15) is 33.6 Å². The maximum Gasteiger partial charge on any atom is 0.0733 e. The average Bonchev–Trinajstić information content (AvgIpc) is 2.51. The van der Waals surface area contributed by atoms with E-state index in [9.17, 15) is 0 Å². The van der Waals surface area contributed by atoms with Crippen LogP contribution in [-0.4, -0.2) is 35.6 Å². The first-order chi connectivity index (χ1) is 10.6. The summed E-state index contributed by atoms with van der Waals surface area (Å²) in [7, 11) is 0. The zero-order chi connectivity index (χ0) is 15.9. The van der Waals surface area contributed by atoms with Crippen LogP contribution in [0, 0.1) is 3.57 Å². The number of nitrogens with zero attached hydrogens (tertiary/aromatic N) is 2. The molecule has 0 saturated heterocycles. The van der Waals surface area contributed by atoms with Crippen molar-refractivity contribution in [2.45, 2.75) is 39.7 Å². The zero-order valence-electron chi connectivity index (χ0n) is 13.8. The van der Waals surface area contributed by atoms with Crippen LogP contribution in [0.5, 0.6) is 0 Å². The fraction of sp³-hybridized carbons (Fsp3) is 0.500. The van der Waals surface area contributed by atoms with E-state index in [0.29, 0.717) is 6.04 Å². The van der Waals surface area contributed by atoms with E-state index in [1.54, 1.807) is 0 Å². The van der Waals surface area contributed by atoms with E-state index < -0.39 is 0 Å². The minimum atomic E-state index is 0.473. The molecule has 0 radical (unpaired) electrons. The van der Waals surface area contributed by atoms with E-state index in [0.717, 1.165) is 18.6 Å². The normalized spacial score (nSPS) is 12.8. The quantitative estimate of drug-likeness (QED) is 0.635. The van der Waals surface area contributed by atoms with E-state index in [1.165, 1.54) is 34.0 Å². The van der Waals surface area contributed by atoms with Gasteiger partial charge in [-0.05, 0) is 86.3 Å². The number of aromatic nitrogens is 1. The minimum Gasteiger partial charge on any atom is -0.382 e. The standard InChI is InChI=1S/C18H26IN3/c1-4-22(5-2)12-6-7-14(3)21-17-10-11-20-18-13-15(19)8-9-16(17)18/h8-11,13-14H,4-7,12H2,1-3H3,(H,20,21). The van der Waals surface area contributed by atoms with Crippen LogP contribution in [0.2, 0.25) is 0 Å². The lowest BCUT2D eigenvalue weighted by Gasteiger charge is -2.20. The van der Waals surface area contributed by atoms with Gasteiger partial charge in [-0.15, -0.1) is 0 Å². The molecule has 1 atom stereocenters. The van der Waals surface area contributed by atoms with Crippen LogP contribution in [-0.2, 0) is 0 Å². The summed E-state index contributed by atoms with van der Waals surface area (Å²) < 4.78 is 1.22. The molecule has 22 heavy (non-hydrogen) atoms. The molecule has 120 valence electrons. The number of benzene rings is 1. The van der Waals surface area contributed by atoms with Crippen molar-refractivity contribution in [1.29, 1.82) is 0 Å². The van der Waals surface area contributed by atoms with Crippen molar-refractivity contribution in [3.05, 3.63) is 34.0 Å². The number of hydrogen-bond acceptors (Lipinski definition) is 3. The molecule has 0 saturated carbocycles. The molecule has 1 unspecified atom stereocenters. The summed E-state index contributed by atoms with van der Waals surface area (Å²) in [5, 5.41) is 4.86. The Balaban J connectivity index is 1.95. The van der Waals surface area contributed by atoms with E-state index in [-0.39, 0.29) is 0 Å². The predicted octanol–water partition coefficient (Wildman–Crippen LogP) is 4.76. The van der Waals surface area contributed by atoms with Crippen LogP contribution in [0.15, 0.2) is 30.5 Å². The first-order valence-corrected chi connectivity index (χ1v) is 9.25. The van der Waals surface area contributed by atoms with Crippen molar-refractivity contribution in [2.75, 3.05) is 25.0 Å². The van der Waals surface area contributed by atoms with Crippen molar-refractivity contribution in [3.8, 4) is 0 Å². The minimum absolute atomic E-state index is 0.473. The number of nitrogens with one attached hydrogen (secondary N) is 1. The maximum absolute atomic E-state index is 4.47. The van der Waals surface area contributed by atoms with E-state index in [2.05, 4.69) is 82.8 Å². The molecule has 4 heteroatoms. The largest absolute Gasteiger partial charge is 0.382 e. The maximum atomic E-state index is 4.47. The lowest BCUT2D eigenvalue weighted by atomic mass is 10.1. The number of fused-ring (bicyclic) bond motifs is 1. The summed E-state index contributed by atoms with van der Waals surface area (Å²) in [4.78, 5) is 6.95. The number of pyridine rings is 1. The highest BCUT2D eigenvalue weighted by Crippen LogP contribution is 2.24. The molecule has 0 bridgehead atoms. The molecule has 1 N–H and O–H groups in total. The summed E-state index contributed by atoms with van der Waals surface area (Å²) >= 11 is 2.33. The fourth-order valence-corrected chi connectivity index (χ4v) is 3.22. The van der Waals surface area contributed by atoms with Gasteiger partial charge in [-0.1, -0.05) is 13.8 Å². The van der Waals surface area contributed by atoms with Crippen molar-refractivity contribution in [1.82, 2.24) is 9.88 Å². The van der Waals surface area contributed by atoms with Gasteiger partial charge < -0.3 is 10.2 Å². The third-order valence-corrected chi connectivity index (χ3v) is 4.78. The van der Waals surface area contributed by atoms with Crippen LogP contribution < -0.4 is 5.32 Å². The summed E-state index contributed by atoms with van der Waals surface area (Å²) in [5.74, 6) is 0. The number of anilines is 1. The van der Waals surface area contributed by atoms with E-state index in [1.807, 2.05) is 6.20 Å². The van der Waals surface area contributed by atoms with Crippen molar-refractivity contribution < 1.29 is 0 Å². The molecule has 0 aliphatic heterocycles. The third-order valence-electron chi connectivity index (χ3n) is 4.11. The van der Waals surface area contributed by atoms with Crippen molar-refractivity contribution in [3.63, 3.8) is 0 Å². The molecular weight excluding hydrogens is 385 g/mol. The van der Waals surface area contributed by atoms with Gasteiger partial charge in [0.1, 0.15) is 0 Å². The Kier molecular flexibility index (Phi) is 6.89. The topological polar surface area (TPSA) is 28.2 Å². The first-order valence-electron chi connectivity index (χ1n) is 8.17. The average molecular weight is 411 g/mol. The Morgan fingerprint density at radius 2 is 2.00 bits per heavy atom. The molecule has 0 aliphatic rings. The smallest absolute Gasteiger partial charge is 0.0733 e. The summed E-state index contributed by atoms with van der Waals surface area (Å²) in [6, 6.07) is 8.98. The summed E-state index contributed by atoms with van der Waals surface area (Å²) in [5.41, 5.74) is 2.25. The Labute approximate surface area is 147 Å². The highest BCUT2D eigenvalue weighted by molar-refractivity contribution is 14.1. The SMILES string of the molecule is CCN(CC)CCCC(C)Nc1ccnc2cc(I)ccc12. The zero-order valence-corrected chi connectivity index (χ0v) is 15.9. The lowest BCUT2D eigenvalue weighted by Crippen LogP contribution is -2.25. The molecule has 1 heterocycles. The van der Waals surface area contributed by atoms with Crippen LogP contribution >= 0.6 is 22.6 Å². The molecule has 1 aromatic carbocycles. The predicted molar refractivity (Wildman–Crippen MR) is 105 cm³/mol. The van der Waals surface area contributed by atoms with Gasteiger partial charge in [0.25, 0.3) is 0 Å². The molecule has 0 spiro atoms. The number of rotatable bonds is 8. The van der Waals surface area contributed by atoms with Crippen molar-refractivity contribution >= 4 is 39.2 Å². The van der Waals surface area contributed by atoms with Crippen LogP contribution in [0.25, 0.3) is 10.9 Å². The van der Waals surface area contributed by atoms with Gasteiger partial charge in [-0.25, -0.2) is 0 Å². The molecule has 0 amide bonds. The van der Waals surface area contributed by atoms with E-state index >= 15 is 0 Å². The van der Waals surface area contributed by atoms with Gasteiger partial charge in [0.05, 0.1) is 5.52 Å². The van der Waals surface area contributed by atoms with Crippen molar-refractivity contribution in [2.24, 2.45) is 0 Å². The fourth-order valence-electron chi connectivity index (χ4n) is 2.75. The van der Waals surface area contributed by atoms with Gasteiger partial charge in [0.2, 0.25) is 0 Å². The molecule has 0 fully saturated rings. The Bertz CT molecular complexity index is 596. The molecular formula is C18H26IN3. The summed E-state index contributed by atoms with van der Waals surface area (Å²) in [6.07, 6.45) is 4.31. The second-order valence-electron chi connectivity index (χ2n) is 5.73. The molecule has 2 rings (SSSR count).